The zero-order chi connectivity index (χ0) is 12.1. The van der Waals surface area contributed by atoms with E-state index in [2.05, 4.69) is 0 Å². The van der Waals surface area contributed by atoms with Crippen LogP contribution >= 0.6 is 11.6 Å². The second kappa shape index (κ2) is 5.51. The lowest BCUT2D eigenvalue weighted by atomic mass is 9.95. The highest BCUT2D eigenvalue weighted by Gasteiger charge is 2.26. The first-order valence-electron chi connectivity index (χ1n) is 4.64. The molecule has 0 aliphatic carbocycles. The van der Waals surface area contributed by atoms with Gasteiger partial charge in [-0.25, -0.2) is 0 Å². The van der Waals surface area contributed by atoms with Gasteiger partial charge in [-0.15, -0.1) is 11.6 Å². The molecule has 5 heteroatoms. The molecule has 1 atom stereocenters. The molecule has 2 N–H and O–H groups in total. The van der Waals surface area contributed by atoms with Crippen molar-refractivity contribution in [1.29, 1.82) is 0 Å². The van der Waals surface area contributed by atoms with Gasteiger partial charge >= 0.3 is 5.97 Å². The van der Waals surface area contributed by atoms with E-state index in [9.17, 15) is 14.7 Å². The van der Waals surface area contributed by atoms with Gasteiger partial charge in [-0.2, -0.15) is 0 Å². The zero-order valence-electron chi connectivity index (χ0n) is 8.39. The van der Waals surface area contributed by atoms with E-state index in [1.165, 1.54) is 6.07 Å². The molecule has 86 valence electrons. The summed E-state index contributed by atoms with van der Waals surface area (Å²) in [7, 11) is 0. The van der Waals surface area contributed by atoms with Crippen LogP contribution in [0.1, 0.15) is 5.56 Å². The first-order valence-corrected chi connectivity index (χ1v) is 5.18. The van der Waals surface area contributed by atoms with E-state index >= 15 is 0 Å². The fourth-order valence-corrected chi connectivity index (χ4v) is 1.52. The lowest BCUT2D eigenvalue weighted by Crippen LogP contribution is -2.27. The number of phenolic OH excluding ortho intramolecular Hbond substituents is 1. The Morgan fingerprint density at radius 2 is 1.94 bits per heavy atom. The van der Waals surface area contributed by atoms with Crippen LogP contribution in [-0.2, 0) is 16.0 Å². The summed E-state index contributed by atoms with van der Waals surface area (Å²) >= 11 is 5.32. The summed E-state index contributed by atoms with van der Waals surface area (Å²) in [5, 5.41) is 18.3. The number of carboxylic acid groups (broad SMARTS) is 1. The minimum atomic E-state index is -1.23. The first-order chi connectivity index (χ1) is 7.56. The topological polar surface area (TPSA) is 74.6 Å². The SMILES string of the molecule is O=C(O)C(Cc1ccccc1O)C(=O)CCl. The van der Waals surface area contributed by atoms with Crippen LogP contribution in [0.5, 0.6) is 5.75 Å². The minimum absolute atomic E-state index is 0.0175. The summed E-state index contributed by atoms with van der Waals surface area (Å²) < 4.78 is 0. The average Bonchev–Trinajstić information content (AvgIpc) is 2.26. The van der Waals surface area contributed by atoms with E-state index in [0.29, 0.717) is 5.56 Å². The molecule has 1 aromatic carbocycles. The fourth-order valence-electron chi connectivity index (χ4n) is 1.34. The van der Waals surface area contributed by atoms with Gasteiger partial charge in [-0.3, -0.25) is 9.59 Å². The number of hydrogen-bond acceptors (Lipinski definition) is 3. The number of carboxylic acids is 1. The number of aromatic hydroxyl groups is 1. The molecule has 1 rings (SSSR count). The van der Waals surface area contributed by atoms with E-state index in [-0.39, 0.29) is 18.1 Å². The Hall–Kier alpha value is -1.55. The van der Waals surface area contributed by atoms with Gasteiger partial charge in [-0.1, -0.05) is 18.2 Å². The number of Topliss-reactive ketones (excluding diaryl/α,β-unsaturated/α-hetero) is 1. The van der Waals surface area contributed by atoms with Gasteiger partial charge in [0.2, 0.25) is 0 Å². The van der Waals surface area contributed by atoms with E-state index in [0.717, 1.165) is 0 Å². The van der Waals surface area contributed by atoms with Crippen LogP contribution in [0.25, 0.3) is 0 Å². The maximum atomic E-state index is 11.3. The molecule has 1 aromatic rings. The molecule has 0 bridgehead atoms. The summed E-state index contributed by atoms with van der Waals surface area (Å²) in [5.41, 5.74) is 0.424. The van der Waals surface area contributed by atoms with Crippen LogP contribution < -0.4 is 0 Å². The van der Waals surface area contributed by atoms with Crippen molar-refractivity contribution in [1.82, 2.24) is 0 Å². The molecule has 4 nitrogen and oxygen atoms in total. The maximum Gasteiger partial charge on any atom is 0.314 e. The average molecular weight is 243 g/mol. The van der Waals surface area contributed by atoms with Crippen LogP contribution in [0.2, 0.25) is 0 Å². The highest BCUT2D eigenvalue weighted by Crippen LogP contribution is 2.20. The number of phenols is 1. The second-order valence-electron chi connectivity index (χ2n) is 3.32. The van der Waals surface area contributed by atoms with E-state index in [1.807, 2.05) is 0 Å². The molecule has 0 aliphatic rings. The molecular formula is C11H11ClO4. The van der Waals surface area contributed by atoms with Crippen LogP contribution in [0.4, 0.5) is 0 Å². The largest absolute Gasteiger partial charge is 0.508 e. The zero-order valence-corrected chi connectivity index (χ0v) is 9.15. The number of carbonyl (C=O) groups excluding carboxylic acids is 1. The summed E-state index contributed by atoms with van der Waals surface area (Å²) in [6.45, 7) is 0. The second-order valence-corrected chi connectivity index (χ2v) is 3.59. The van der Waals surface area contributed by atoms with E-state index in [1.54, 1.807) is 18.2 Å². The van der Waals surface area contributed by atoms with Gasteiger partial charge in [0.1, 0.15) is 11.7 Å². The number of hydrogen-bond donors (Lipinski definition) is 2. The Labute approximate surface area is 97.5 Å². The van der Waals surface area contributed by atoms with Gasteiger partial charge in [0.05, 0.1) is 5.88 Å². The van der Waals surface area contributed by atoms with Crippen molar-refractivity contribution < 1.29 is 19.8 Å². The molecule has 0 saturated carbocycles. The lowest BCUT2D eigenvalue weighted by Gasteiger charge is -2.10. The molecule has 0 saturated heterocycles. The predicted molar refractivity (Wildman–Crippen MR) is 58.7 cm³/mol. The van der Waals surface area contributed by atoms with Crippen LogP contribution in [0.15, 0.2) is 24.3 Å². The number of para-hydroxylation sites is 1. The molecule has 0 aromatic heterocycles. The Bertz CT molecular complexity index is 403. The van der Waals surface area contributed by atoms with E-state index < -0.39 is 17.7 Å². The molecule has 0 fully saturated rings. The monoisotopic (exact) mass is 242 g/mol. The molecule has 0 aliphatic heterocycles. The number of carbonyl (C=O) groups is 2. The third-order valence-corrected chi connectivity index (χ3v) is 2.50. The van der Waals surface area contributed by atoms with Crippen molar-refractivity contribution in [2.75, 3.05) is 5.88 Å². The summed E-state index contributed by atoms with van der Waals surface area (Å²) in [6, 6.07) is 6.31. The van der Waals surface area contributed by atoms with Crippen molar-refractivity contribution >= 4 is 23.4 Å². The number of alkyl halides is 1. The van der Waals surface area contributed by atoms with Crippen molar-refractivity contribution in [3.8, 4) is 5.75 Å². The number of halogens is 1. The number of ketones is 1. The predicted octanol–water partition coefficient (Wildman–Crippen LogP) is 1.44. The lowest BCUT2D eigenvalue weighted by molar-refractivity contribution is -0.145. The number of aliphatic carboxylic acids is 1. The van der Waals surface area contributed by atoms with Crippen molar-refractivity contribution in [3.63, 3.8) is 0 Å². The van der Waals surface area contributed by atoms with Gasteiger partial charge in [0.15, 0.2) is 5.78 Å². The van der Waals surface area contributed by atoms with Crippen molar-refractivity contribution in [2.45, 2.75) is 6.42 Å². The quantitative estimate of drug-likeness (QED) is 0.605. The maximum absolute atomic E-state index is 11.3. The standard InChI is InChI=1S/C11H11ClO4/c12-6-10(14)8(11(15)16)5-7-3-1-2-4-9(7)13/h1-4,8,13H,5-6H2,(H,15,16). The molecule has 0 radical (unpaired) electrons. The molecule has 1 unspecified atom stereocenters. The Kier molecular flexibility index (Phi) is 4.31. The Morgan fingerprint density at radius 1 is 1.31 bits per heavy atom. The van der Waals surface area contributed by atoms with Gasteiger partial charge in [-0.05, 0) is 18.1 Å². The Morgan fingerprint density at radius 3 is 2.44 bits per heavy atom. The van der Waals surface area contributed by atoms with Gasteiger partial charge in [0, 0.05) is 0 Å². The van der Waals surface area contributed by atoms with Crippen LogP contribution in [0.3, 0.4) is 0 Å². The third-order valence-electron chi connectivity index (χ3n) is 2.23. The summed E-state index contributed by atoms with van der Waals surface area (Å²) in [6.07, 6.45) is -0.0481. The van der Waals surface area contributed by atoms with Crippen LogP contribution in [-0.4, -0.2) is 27.8 Å². The van der Waals surface area contributed by atoms with Gasteiger partial charge < -0.3 is 10.2 Å². The van der Waals surface area contributed by atoms with Gasteiger partial charge in [0.25, 0.3) is 0 Å². The molecule has 0 spiro atoms. The molecule has 0 amide bonds. The fraction of sp³-hybridized carbons (Fsp3) is 0.273. The molecule has 0 heterocycles. The number of benzene rings is 1. The van der Waals surface area contributed by atoms with Crippen molar-refractivity contribution in [3.05, 3.63) is 29.8 Å². The highest BCUT2D eigenvalue weighted by atomic mass is 35.5. The molecular weight excluding hydrogens is 232 g/mol. The van der Waals surface area contributed by atoms with Crippen molar-refractivity contribution in [2.24, 2.45) is 5.92 Å². The highest BCUT2D eigenvalue weighted by molar-refractivity contribution is 6.29. The third kappa shape index (κ3) is 2.97. The van der Waals surface area contributed by atoms with Crippen LogP contribution in [0, 0.1) is 5.92 Å². The summed E-state index contributed by atoms with van der Waals surface area (Å²) in [4.78, 5) is 22.1. The van der Waals surface area contributed by atoms with E-state index in [4.69, 9.17) is 16.7 Å². The molecule has 16 heavy (non-hydrogen) atoms. The first kappa shape index (κ1) is 12.5. The smallest absolute Gasteiger partial charge is 0.314 e. The Balaban J connectivity index is 2.88. The normalized spacial score (nSPS) is 12.1. The minimum Gasteiger partial charge on any atom is -0.508 e. The summed E-state index contributed by atoms with van der Waals surface area (Å²) in [5.74, 6) is -3.35. The number of rotatable bonds is 5.